The largest absolute Gasteiger partial charge is 0.480 e. The first-order valence-corrected chi connectivity index (χ1v) is 6.09. The highest BCUT2D eigenvalue weighted by Gasteiger charge is 2.25. The van der Waals surface area contributed by atoms with Crippen LogP contribution in [0.3, 0.4) is 0 Å². The van der Waals surface area contributed by atoms with Gasteiger partial charge in [-0.3, -0.25) is 0 Å². The van der Waals surface area contributed by atoms with Gasteiger partial charge in [-0.2, -0.15) is 0 Å². The van der Waals surface area contributed by atoms with E-state index in [1.54, 1.807) is 0 Å². The first kappa shape index (κ1) is 10.4. The predicted octanol–water partition coefficient (Wildman–Crippen LogP) is 2.99. The van der Waals surface area contributed by atoms with Gasteiger partial charge in [-0.1, -0.05) is 24.6 Å². The number of carboxylic acids is 1. The van der Waals surface area contributed by atoms with Gasteiger partial charge in [-0.25, -0.2) is 4.79 Å². The molecule has 1 aromatic carbocycles. The van der Waals surface area contributed by atoms with Gasteiger partial charge in [0.15, 0.2) is 0 Å². The number of carboxylic acid groups (broad SMARTS) is 1. The summed E-state index contributed by atoms with van der Waals surface area (Å²) in [5.74, 6) is -0.713. The maximum atomic E-state index is 11.4. The lowest BCUT2D eigenvalue weighted by Crippen LogP contribution is -2.19. The number of aromatic nitrogens is 1. The van der Waals surface area contributed by atoms with Crippen molar-refractivity contribution >= 4 is 16.9 Å². The Morgan fingerprint density at radius 2 is 2.12 bits per heavy atom. The van der Waals surface area contributed by atoms with Gasteiger partial charge in [0.1, 0.15) is 6.04 Å². The molecular formula is C14H15NO2. The van der Waals surface area contributed by atoms with E-state index in [2.05, 4.69) is 12.1 Å². The Balaban J connectivity index is 2.25. The van der Waals surface area contributed by atoms with Crippen molar-refractivity contribution in [2.75, 3.05) is 0 Å². The van der Waals surface area contributed by atoms with Gasteiger partial charge in [0.25, 0.3) is 0 Å². The summed E-state index contributed by atoms with van der Waals surface area (Å²) in [7, 11) is 0. The normalized spacial score (nSPS) is 19.9. The molecular weight excluding hydrogens is 214 g/mol. The van der Waals surface area contributed by atoms with Crippen LogP contribution in [0.4, 0.5) is 0 Å². The number of hydrogen-bond donors (Lipinski definition) is 1. The molecule has 3 heteroatoms. The minimum absolute atomic E-state index is 0.396. The van der Waals surface area contributed by atoms with Crippen molar-refractivity contribution < 1.29 is 9.90 Å². The Morgan fingerprint density at radius 1 is 1.29 bits per heavy atom. The highest BCUT2D eigenvalue weighted by Crippen LogP contribution is 2.31. The molecule has 2 heterocycles. The second-order valence-corrected chi connectivity index (χ2v) is 4.66. The molecule has 1 unspecified atom stereocenters. The van der Waals surface area contributed by atoms with Crippen molar-refractivity contribution in [3.8, 4) is 0 Å². The van der Waals surface area contributed by atoms with E-state index in [1.807, 2.05) is 22.8 Å². The number of aliphatic carboxylic acids is 1. The molecule has 3 rings (SSSR count). The van der Waals surface area contributed by atoms with Crippen LogP contribution in [0.1, 0.15) is 31.0 Å². The van der Waals surface area contributed by atoms with E-state index in [1.165, 1.54) is 0 Å². The van der Waals surface area contributed by atoms with E-state index in [0.29, 0.717) is 0 Å². The molecule has 0 bridgehead atoms. The van der Waals surface area contributed by atoms with E-state index in [4.69, 9.17) is 0 Å². The first-order chi connectivity index (χ1) is 8.27. The average Bonchev–Trinajstić information content (AvgIpc) is 2.54. The van der Waals surface area contributed by atoms with Gasteiger partial charge in [-0.05, 0) is 36.8 Å². The van der Waals surface area contributed by atoms with Crippen LogP contribution < -0.4 is 0 Å². The van der Waals surface area contributed by atoms with Gasteiger partial charge in [0.05, 0.1) is 0 Å². The summed E-state index contributed by atoms with van der Waals surface area (Å²) in [5, 5.41) is 10.5. The fraction of sp³-hybridized carbons (Fsp3) is 0.357. The topological polar surface area (TPSA) is 42.2 Å². The maximum absolute atomic E-state index is 11.4. The fourth-order valence-electron chi connectivity index (χ4n) is 2.80. The standard InChI is InChI=1S/C14H15NO2/c16-14(17)13-8-4-2-6-11-9-10-5-1-3-7-12(10)15(11)13/h1,3,5,7,9,13H,2,4,6,8H2,(H,16,17). The van der Waals surface area contributed by atoms with Crippen molar-refractivity contribution in [2.24, 2.45) is 0 Å². The van der Waals surface area contributed by atoms with Crippen molar-refractivity contribution in [3.63, 3.8) is 0 Å². The van der Waals surface area contributed by atoms with Crippen LogP contribution >= 0.6 is 0 Å². The van der Waals surface area contributed by atoms with Crippen LogP contribution in [0, 0.1) is 0 Å². The lowest BCUT2D eigenvalue weighted by atomic mass is 10.1. The lowest BCUT2D eigenvalue weighted by molar-refractivity contribution is -0.141. The molecule has 1 N–H and O–H groups in total. The number of benzene rings is 1. The van der Waals surface area contributed by atoms with Crippen molar-refractivity contribution in [1.29, 1.82) is 0 Å². The van der Waals surface area contributed by atoms with Crippen molar-refractivity contribution in [1.82, 2.24) is 4.57 Å². The maximum Gasteiger partial charge on any atom is 0.326 e. The Labute approximate surface area is 99.7 Å². The van der Waals surface area contributed by atoms with Crippen LogP contribution in [0.25, 0.3) is 10.9 Å². The van der Waals surface area contributed by atoms with Crippen molar-refractivity contribution in [2.45, 2.75) is 31.7 Å². The Hall–Kier alpha value is -1.77. The zero-order valence-corrected chi connectivity index (χ0v) is 9.60. The molecule has 1 atom stereocenters. The molecule has 0 radical (unpaired) electrons. The summed E-state index contributed by atoms with van der Waals surface area (Å²) in [6.07, 6.45) is 3.80. The Kier molecular flexibility index (Phi) is 2.39. The number of para-hydroxylation sites is 1. The summed E-state index contributed by atoms with van der Waals surface area (Å²) in [6.45, 7) is 0. The predicted molar refractivity (Wildman–Crippen MR) is 66.2 cm³/mol. The number of aryl methyl sites for hydroxylation is 1. The smallest absolute Gasteiger partial charge is 0.326 e. The van der Waals surface area contributed by atoms with Crippen LogP contribution in [0.2, 0.25) is 0 Å². The Bertz CT molecular complexity index is 571. The highest BCUT2D eigenvalue weighted by atomic mass is 16.4. The number of fused-ring (bicyclic) bond motifs is 3. The van der Waals surface area contributed by atoms with E-state index < -0.39 is 12.0 Å². The summed E-state index contributed by atoms with van der Waals surface area (Å²) in [5.41, 5.74) is 2.22. The summed E-state index contributed by atoms with van der Waals surface area (Å²) >= 11 is 0. The third-order valence-corrected chi connectivity index (χ3v) is 3.59. The average molecular weight is 229 g/mol. The molecule has 88 valence electrons. The molecule has 1 aromatic heterocycles. The second kappa shape index (κ2) is 3.91. The molecule has 2 aromatic rings. The quantitative estimate of drug-likeness (QED) is 0.816. The minimum atomic E-state index is -0.713. The molecule has 0 fully saturated rings. The number of nitrogens with zero attached hydrogens (tertiary/aromatic N) is 1. The van der Waals surface area contributed by atoms with Crippen molar-refractivity contribution in [3.05, 3.63) is 36.0 Å². The van der Waals surface area contributed by atoms with Crippen LogP contribution in [0.15, 0.2) is 30.3 Å². The molecule has 0 saturated carbocycles. The second-order valence-electron chi connectivity index (χ2n) is 4.66. The molecule has 1 aliphatic heterocycles. The van der Waals surface area contributed by atoms with E-state index in [-0.39, 0.29) is 0 Å². The number of rotatable bonds is 1. The molecule has 0 amide bonds. The highest BCUT2D eigenvalue weighted by molar-refractivity contribution is 5.84. The molecule has 17 heavy (non-hydrogen) atoms. The van der Waals surface area contributed by atoms with Crippen LogP contribution in [0.5, 0.6) is 0 Å². The fourth-order valence-corrected chi connectivity index (χ4v) is 2.80. The lowest BCUT2D eigenvalue weighted by Gasteiger charge is -2.15. The van der Waals surface area contributed by atoms with Crippen LogP contribution in [-0.2, 0) is 11.2 Å². The van der Waals surface area contributed by atoms with Gasteiger partial charge in [0, 0.05) is 11.2 Å². The summed E-state index contributed by atoms with van der Waals surface area (Å²) in [6, 6.07) is 9.77. The summed E-state index contributed by atoms with van der Waals surface area (Å²) in [4.78, 5) is 11.4. The summed E-state index contributed by atoms with van der Waals surface area (Å²) < 4.78 is 2.02. The zero-order chi connectivity index (χ0) is 11.8. The molecule has 0 saturated heterocycles. The SMILES string of the molecule is O=C(O)C1CCCCc2cc3ccccc3n21. The molecule has 1 aliphatic rings. The monoisotopic (exact) mass is 229 g/mol. The van der Waals surface area contributed by atoms with E-state index >= 15 is 0 Å². The Morgan fingerprint density at radius 3 is 2.94 bits per heavy atom. The molecule has 0 spiro atoms. The van der Waals surface area contributed by atoms with Crippen LogP contribution in [-0.4, -0.2) is 15.6 Å². The minimum Gasteiger partial charge on any atom is -0.480 e. The zero-order valence-electron chi connectivity index (χ0n) is 9.60. The van der Waals surface area contributed by atoms with E-state index in [9.17, 15) is 9.90 Å². The molecule has 3 nitrogen and oxygen atoms in total. The third kappa shape index (κ3) is 1.62. The third-order valence-electron chi connectivity index (χ3n) is 3.59. The first-order valence-electron chi connectivity index (χ1n) is 6.09. The van der Waals surface area contributed by atoms with Gasteiger partial charge >= 0.3 is 5.97 Å². The van der Waals surface area contributed by atoms with E-state index in [0.717, 1.165) is 42.3 Å². The van der Waals surface area contributed by atoms with Gasteiger partial charge in [0.2, 0.25) is 0 Å². The number of carbonyl (C=O) groups is 1. The number of hydrogen-bond acceptors (Lipinski definition) is 1. The van der Waals surface area contributed by atoms with Gasteiger partial charge in [-0.15, -0.1) is 0 Å². The molecule has 0 aliphatic carbocycles. The van der Waals surface area contributed by atoms with Gasteiger partial charge < -0.3 is 9.67 Å².